The van der Waals surface area contributed by atoms with Crippen LogP contribution in [0.2, 0.25) is 0 Å². The van der Waals surface area contributed by atoms with Gasteiger partial charge in [0.1, 0.15) is 29.1 Å². The van der Waals surface area contributed by atoms with Crippen molar-refractivity contribution in [2.45, 2.75) is 32.1 Å². The van der Waals surface area contributed by atoms with Crippen LogP contribution in [0, 0.1) is 0 Å². The minimum absolute atomic E-state index is 0.230. The van der Waals surface area contributed by atoms with Crippen LogP contribution in [0.4, 0.5) is 34.1 Å². The molecular weight excluding hydrogens is 779 g/mol. The van der Waals surface area contributed by atoms with Gasteiger partial charge < -0.3 is 19.3 Å². The van der Waals surface area contributed by atoms with Gasteiger partial charge in [0.05, 0.1) is 16.8 Å². The third kappa shape index (κ3) is 10.1. The molecule has 8 rings (SSSR count). The number of nitrogens with zero attached hydrogens (tertiary/aromatic N) is 3. The number of fused-ring (bicyclic) bond motifs is 1. The number of unbranched alkanes of at least 4 members (excludes halogenated alkanes) is 3. The molecule has 0 aliphatic heterocycles. The van der Waals surface area contributed by atoms with Gasteiger partial charge in [0.2, 0.25) is 0 Å². The average molecular weight is 822 g/mol. The molecule has 1 aromatic heterocycles. The van der Waals surface area contributed by atoms with E-state index in [1.165, 1.54) is 0 Å². The first-order valence-electron chi connectivity index (χ1n) is 20.3. The lowest BCUT2D eigenvalue weighted by atomic mass is 10.1. The molecular formula is C52H43N3O5S. The second kappa shape index (κ2) is 19.6. The first-order valence-corrected chi connectivity index (χ1v) is 21.1. The number of carbonyl (C=O) groups is 3. The summed E-state index contributed by atoms with van der Waals surface area (Å²) in [6.45, 7) is 0.588. The Balaban J connectivity index is 0.802. The van der Waals surface area contributed by atoms with Crippen molar-refractivity contribution in [1.82, 2.24) is 4.98 Å². The number of hydrogen-bond donors (Lipinski definition) is 0. The van der Waals surface area contributed by atoms with Crippen LogP contribution in [0.3, 0.4) is 0 Å². The predicted molar refractivity (Wildman–Crippen MR) is 246 cm³/mol. The van der Waals surface area contributed by atoms with E-state index in [4.69, 9.17) is 14.5 Å². The molecule has 0 N–H and O–H groups in total. The van der Waals surface area contributed by atoms with Crippen LogP contribution >= 0.6 is 11.3 Å². The van der Waals surface area contributed by atoms with Crippen LogP contribution in [0.25, 0.3) is 20.8 Å². The summed E-state index contributed by atoms with van der Waals surface area (Å²) < 4.78 is 12.8. The van der Waals surface area contributed by atoms with Gasteiger partial charge >= 0.3 is 5.97 Å². The van der Waals surface area contributed by atoms with Gasteiger partial charge in [-0.2, -0.15) is 0 Å². The van der Waals surface area contributed by atoms with Gasteiger partial charge in [0.15, 0.2) is 0 Å². The van der Waals surface area contributed by atoms with Gasteiger partial charge in [-0.05, 0) is 152 Å². The second-order valence-corrected chi connectivity index (χ2v) is 15.5. The lowest BCUT2D eigenvalue weighted by Crippen LogP contribution is -2.10. The van der Waals surface area contributed by atoms with Gasteiger partial charge in [-0.3, -0.25) is 14.4 Å². The van der Waals surface area contributed by atoms with E-state index in [0.717, 1.165) is 98.9 Å². The molecule has 7 aromatic carbocycles. The first-order chi connectivity index (χ1) is 30.0. The second-order valence-electron chi connectivity index (χ2n) is 14.4. The van der Waals surface area contributed by atoms with Gasteiger partial charge in [-0.1, -0.05) is 49.2 Å². The van der Waals surface area contributed by atoms with E-state index in [1.807, 2.05) is 115 Å². The molecule has 0 saturated carbocycles. The minimum atomic E-state index is -0.230. The molecule has 0 spiro atoms. The maximum absolute atomic E-state index is 12.7. The number of thiazole rings is 1. The van der Waals surface area contributed by atoms with Crippen LogP contribution in [0.15, 0.2) is 176 Å². The van der Waals surface area contributed by atoms with E-state index in [0.29, 0.717) is 29.9 Å². The molecule has 9 heteroatoms. The van der Waals surface area contributed by atoms with E-state index in [2.05, 4.69) is 46.2 Å². The predicted octanol–water partition coefficient (Wildman–Crippen LogP) is 13.5. The van der Waals surface area contributed by atoms with Crippen molar-refractivity contribution in [2.24, 2.45) is 0 Å². The molecule has 0 aliphatic rings. The monoisotopic (exact) mass is 821 g/mol. The van der Waals surface area contributed by atoms with E-state index in [-0.39, 0.29) is 5.97 Å². The summed E-state index contributed by atoms with van der Waals surface area (Å²) in [6.07, 6.45) is 5.51. The lowest BCUT2D eigenvalue weighted by molar-refractivity contribution is -0.134. The summed E-state index contributed by atoms with van der Waals surface area (Å²) in [6, 6.07) is 57.0. The highest BCUT2D eigenvalue weighted by Gasteiger charge is 2.16. The molecule has 302 valence electrons. The molecule has 61 heavy (non-hydrogen) atoms. The molecule has 0 bridgehead atoms. The molecule has 0 atom stereocenters. The first kappa shape index (κ1) is 40.4. The zero-order chi connectivity index (χ0) is 41.8. The number of ether oxygens (including phenoxy) is 2. The molecule has 8 aromatic rings. The minimum Gasteiger partial charge on any atom is -0.494 e. The van der Waals surface area contributed by atoms with Crippen LogP contribution < -0.4 is 19.3 Å². The highest BCUT2D eigenvalue weighted by atomic mass is 32.1. The Morgan fingerprint density at radius 1 is 0.525 bits per heavy atom. The summed E-state index contributed by atoms with van der Waals surface area (Å²) in [7, 11) is 0. The topological polar surface area (TPSA) is 89.0 Å². The Morgan fingerprint density at radius 2 is 1.00 bits per heavy atom. The molecule has 0 fully saturated rings. The summed E-state index contributed by atoms with van der Waals surface area (Å²) >= 11 is 1.62. The number of aldehydes is 2. The van der Waals surface area contributed by atoms with Crippen molar-refractivity contribution >= 4 is 74.2 Å². The fourth-order valence-corrected chi connectivity index (χ4v) is 8.08. The van der Waals surface area contributed by atoms with E-state index < -0.39 is 0 Å². The van der Waals surface area contributed by atoms with Gasteiger partial charge in [-0.15, -0.1) is 11.3 Å². The highest BCUT2D eigenvalue weighted by molar-refractivity contribution is 7.21. The van der Waals surface area contributed by atoms with Crippen molar-refractivity contribution in [3.05, 3.63) is 187 Å². The lowest BCUT2D eigenvalue weighted by Gasteiger charge is -2.25. The number of carbonyl (C=O) groups excluding carboxylic acids is 3. The van der Waals surface area contributed by atoms with Crippen molar-refractivity contribution in [3.8, 4) is 22.1 Å². The van der Waals surface area contributed by atoms with Crippen LogP contribution in [0.1, 0.15) is 52.8 Å². The number of rotatable bonds is 18. The fraction of sp³-hybridized carbons (Fsp3) is 0.115. The van der Waals surface area contributed by atoms with Crippen molar-refractivity contribution in [2.75, 3.05) is 16.4 Å². The summed E-state index contributed by atoms with van der Waals surface area (Å²) in [5, 5.41) is 0.907. The maximum atomic E-state index is 12.7. The number of para-hydroxylation sites is 2. The number of aromatic nitrogens is 1. The van der Waals surface area contributed by atoms with Crippen molar-refractivity contribution in [3.63, 3.8) is 0 Å². The van der Waals surface area contributed by atoms with E-state index in [1.54, 1.807) is 35.6 Å². The Labute approximate surface area is 359 Å². The van der Waals surface area contributed by atoms with Crippen molar-refractivity contribution < 1.29 is 23.9 Å². The van der Waals surface area contributed by atoms with Gasteiger partial charge in [0, 0.05) is 57.2 Å². The summed E-state index contributed by atoms with van der Waals surface area (Å²) in [5.41, 5.74) is 8.87. The molecule has 0 radical (unpaired) electrons. The zero-order valence-electron chi connectivity index (χ0n) is 33.4. The Kier molecular flexibility index (Phi) is 13.0. The van der Waals surface area contributed by atoms with Crippen LogP contribution in [0.5, 0.6) is 11.5 Å². The zero-order valence-corrected chi connectivity index (χ0v) is 34.2. The molecule has 0 aliphatic carbocycles. The standard InChI is InChI=1S/C52H43N3O5S/c56-36-38-16-22-43(23-17-38)55(44-24-18-39(37-57)19-25-44)45-26-20-40(21-27-45)52-53-49-33-32-48(35-50(49)61-52)59-34-10-2-1-9-15-51(58)60-47-30-28-46(29-31-47)54(41-11-5-3-6-12-41)42-13-7-4-8-14-42/h3-8,11-14,16-33,35-37H,1-2,9-10,15,34H2. The van der Waals surface area contributed by atoms with E-state index in [9.17, 15) is 14.4 Å². The SMILES string of the molecule is O=Cc1ccc(N(c2ccc(C=O)cc2)c2ccc(-c3nc4ccc(OCCCCCCC(=O)Oc5ccc(N(c6ccccc6)c6ccccc6)cc5)cc4s3)cc2)cc1. The molecule has 0 saturated heterocycles. The highest BCUT2D eigenvalue weighted by Crippen LogP contribution is 2.38. The van der Waals surface area contributed by atoms with Gasteiger partial charge in [0.25, 0.3) is 0 Å². The molecule has 1 heterocycles. The van der Waals surface area contributed by atoms with Crippen molar-refractivity contribution in [1.29, 1.82) is 0 Å². The summed E-state index contributed by atoms with van der Waals surface area (Å²) in [5.74, 6) is 1.11. The third-order valence-corrected chi connectivity index (χ3v) is 11.3. The van der Waals surface area contributed by atoms with Crippen LogP contribution in [-0.4, -0.2) is 30.1 Å². The fourth-order valence-electron chi connectivity index (χ4n) is 7.08. The quantitative estimate of drug-likeness (QED) is 0.0366. The molecule has 0 unspecified atom stereocenters. The van der Waals surface area contributed by atoms with E-state index >= 15 is 0 Å². The smallest absolute Gasteiger partial charge is 0.311 e. The number of benzene rings is 7. The Hall–Kier alpha value is -7.36. The Bertz CT molecular complexity index is 2590. The number of anilines is 6. The largest absolute Gasteiger partial charge is 0.494 e. The maximum Gasteiger partial charge on any atom is 0.311 e. The Morgan fingerprint density at radius 3 is 1.54 bits per heavy atom. The third-order valence-electron chi connectivity index (χ3n) is 10.2. The molecule has 0 amide bonds. The molecule has 8 nitrogen and oxygen atoms in total. The average Bonchev–Trinajstić information content (AvgIpc) is 3.75. The number of esters is 1. The normalized spacial score (nSPS) is 10.9. The number of hydrogen-bond acceptors (Lipinski definition) is 9. The van der Waals surface area contributed by atoms with Crippen LogP contribution in [-0.2, 0) is 4.79 Å². The van der Waals surface area contributed by atoms with Gasteiger partial charge in [-0.25, -0.2) is 4.98 Å². The summed E-state index contributed by atoms with van der Waals surface area (Å²) in [4.78, 5) is 44.4.